The molecule has 2 aromatic rings. The maximum absolute atomic E-state index is 6.16. The van der Waals surface area contributed by atoms with Gasteiger partial charge in [-0.3, -0.25) is 0 Å². The summed E-state index contributed by atoms with van der Waals surface area (Å²) in [5, 5.41) is 0.579. The molecule has 1 aliphatic carbocycles. The summed E-state index contributed by atoms with van der Waals surface area (Å²) in [6.45, 7) is 2.52. The predicted octanol–water partition coefficient (Wildman–Crippen LogP) is 4.33. The molecule has 1 aliphatic rings. The molecule has 0 radical (unpaired) electrons. The molecule has 20 heavy (non-hydrogen) atoms. The summed E-state index contributed by atoms with van der Waals surface area (Å²) in [4.78, 5) is 7.65. The highest BCUT2D eigenvalue weighted by Crippen LogP contribution is 2.31. The zero-order chi connectivity index (χ0) is 13.9. The second kappa shape index (κ2) is 5.92. The van der Waals surface area contributed by atoms with Crippen molar-refractivity contribution in [1.29, 1.82) is 0 Å². The molecule has 0 bridgehead atoms. The van der Waals surface area contributed by atoms with Gasteiger partial charge >= 0.3 is 0 Å². The zero-order valence-electron chi connectivity index (χ0n) is 11.6. The van der Waals surface area contributed by atoms with Gasteiger partial charge < -0.3 is 14.5 Å². The molecule has 1 saturated carbocycles. The van der Waals surface area contributed by atoms with E-state index in [-0.39, 0.29) is 6.10 Å². The van der Waals surface area contributed by atoms with E-state index >= 15 is 0 Å². The Morgan fingerprint density at radius 3 is 2.85 bits per heavy atom. The lowest BCUT2D eigenvalue weighted by Gasteiger charge is -2.21. The van der Waals surface area contributed by atoms with E-state index in [1.165, 1.54) is 19.3 Å². The number of imidazole rings is 1. The minimum Gasteiger partial charge on any atom is -0.492 e. The number of benzene rings is 1. The monoisotopic (exact) mass is 294 g/mol. The highest BCUT2D eigenvalue weighted by Gasteiger charge is 2.17. The fourth-order valence-corrected chi connectivity index (χ4v) is 2.86. The Labute approximate surface area is 123 Å². The summed E-state index contributed by atoms with van der Waals surface area (Å²) in [7, 11) is 0. The lowest BCUT2D eigenvalue weighted by Crippen LogP contribution is -2.20. The number of fused-ring (bicyclic) bond motifs is 1. The normalized spacial score (nSPS) is 16.5. The van der Waals surface area contributed by atoms with E-state index in [9.17, 15) is 0 Å². The Morgan fingerprint density at radius 2 is 2.10 bits per heavy atom. The van der Waals surface area contributed by atoms with Crippen molar-refractivity contribution in [1.82, 2.24) is 9.97 Å². The first kappa shape index (κ1) is 13.6. The zero-order valence-corrected chi connectivity index (χ0v) is 12.4. The molecule has 0 unspecified atom stereocenters. The minimum absolute atomic E-state index is 0.283. The molecule has 3 rings (SSSR count). The molecule has 0 spiro atoms. The lowest BCUT2D eigenvalue weighted by molar-refractivity contribution is 0.143. The number of aromatic amines is 1. The van der Waals surface area contributed by atoms with Gasteiger partial charge in [0.05, 0.1) is 22.7 Å². The fourth-order valence-electron chi connectivity index (χ4n) is 2.65. The SMILES string of the molecule is CCOc1cc2[nH]c(OC3CCCCC3)nc2cc1Cl. The average molecular weight is 295 g/mol. The predicted molar refractivity (Wildman–Crippen MR) is 79.8 cm³/mol. The fraction of sp³-hybridized carbons (Fsp3) is 0.533. The number of aromatic nitrogens is 2. The van der Waals surface area contributed by atoms with Gasteiger partial charge in [-0.1, -0.05) is 18.0 Å². The van der Waals surface area contributed by atoms with Crippen LogP contribution in [0.25, 0.3) is 11.0 Å². The van der Waals surface area contributed by atoms with Crippen molar-refractivity contribution in [3.05, 3.63) is 17.2 Å². The second-order valence-corrected chi connectivity index (χ2v) is 5.56. The smallest absolute Gasteiger partial charge is 0.294 e. The van der Waals surface area contributed by atoms with E-state index in [2.05, 4.69) is 9.97 Å². The van der Waals surface area contributed by atoms with Gasteiger partial charge in [0, 0.05) is 6.07 Å². The third-order valence-corrected chi connectivity index (χ3v) is 3.94. The molecule has 4 nitrogen and oxygen atoms in total. The number of hydrogen-bond acceptors (Lipinski definition) is 3. The molecule has 0 saturated heterocycles. The van der Waals surface area contributed by atoms with Crippen molar-refractivity contribution in [3.63, 3.8) is 0 Å². The van der Waals surface area contributed by atoms with Crippen molar-refractivity contribution in [2.45, 2.75) is 45.1 Å². The van der Waals surface area contributed by atoms with E-state index in [1.807, 2.05) is 19.1 Å². The number of ether oxygens (including phenoxy) is 2. The third kappa shape index (κ3) is 2.85. The van der Waals surface area contributed by atoms with Crippen LogP contribution >= 0.6 is 11.6 Å². The summed E-state index contributed by atoms with van der Waals surface area (Å²) in [6.07, 6.45) is 6.31. The number of rotatable bonds is 4. The molecule has 1 N–H and O–H groups in total. The van der Waals surface area contributed by atoms with Crippen LogP contribution in [0.2, 0.25) is 5.02 Å². The van der Waals surface area contributed by atoms with Crippen LogP contribution in [-0.4, -0.2) is 22.7 Å². The van der Waals surface area contributed by atoms with Crippen LogP contribution in [0, 0.1) is 0 Å². The molecule has 0 atom stereocenters. The second-order valence-electron chi connectivity index (χ2n) is 5.15. The number of hydrogen-bond donors (Lipinski definition) is 1. The number of halogens is 1. The van der Waals surface area contributed by atoms with E-state index in [1.54, 1.807) is 0 Å². The Hall–Kier alpha value is -1.42. The van der Waals surface area contributed by atoms with Crippen molar-refractivity contribution >= 4 is 22.6 Å². The molecule has 0 amide bonds. The summed E-state index contributed by atoms with van der Waals surface area (Å²) >= 11 is 6.16. The topological polar surface area (TPSA) is 47.1 Å². The minimum atomic E-state index is 0.283. The van der Waals surface area contributed by atoms with Gasteiger partial charge in [-0.2, -0.15) is 4.98 Å². The Bertz CT molecular complexity index is 591. The van der Waals surface area contributed by atoms with Crippen molar-refractivity contribution < 1.29 is 9.47 Å². The van der Waals surface area contributed by atoms with Crippen LogP contribution < -0.4 is 9.47 Å². The lowest BCUT2D eigenvalue weighted by atomic mass is 9.98. The Balaban J connectivity index is 1.82. The maximum Gasteiger partial charge on any atom is 0.294 e. The van der Waals surface area contributed by atoms with Crippen LogP contribution in [0.3, 0.4) is 0 Å². The molecule has 0 aliphatic heterocycles. The first-order valence-corrected chi connectivity index (χ1v) is 7.63. The Morgan fingerprint density at radius 1 is 1.30 bits per heavy atom. The van der Waals surface area contributed by atoms with E-state index in [0.717, 1.165) is 23.9 Å². The van der Waals surface area contributed by atoms with Crippen molar-refractivity contribution in [2.75, 3.05) is 6.61 Å². The standard InChI is InChI=1S/C15H19ClN2O2/c1-2-19-14-9-13-12(8-11(14)16)17-15(18-13)20-10-6-4-3-5-7-10/h8-10H,2-7H2,1H3,(H,17,18). The molecule has 1 fully saturated rings. The molecule has 108 valence electrons. The van der Waals surface area contributed by atoms with E-state index in [0.29, 0.717) is 23.4 Å². The highest BCUT2D eigenvalue weighted by molar-refractivity contribution is 6.32. The van der Waals surface area contributed by atoms with Gasteiger partial charge in [-0.25, -0.2) is 0 Å². The van der Waals surface area contributed by atoms with Gasteiger partial charge in [0.15, 0.2) is 0 Å². The average Bonchev–Trinajstić information content (AvgIpc) is 2.82. The first-order chi connectivity index (χ1) is 9.76. The molecular weight excluding hydrogens is 276 g/mol. The van der Waals surface area contributed by atoms with Gasteiger partial charge in [0.2, 0.25) is 0 Å². The van der Waals surface area contributed by atoms with Crippen LogP contribution in [0.1, 0.15) is 39.0 Å². The van der Waals surface area contributed by atoms with Crippen molar-refractivity contribution in [2.24, 2.45) is 0 Å². The van der Waals surface area contributed by atoms with Gasteiger partial charge in [-0.15, -0.1) is 0 Å². The number of H-pyrrole nitrogens is 1. The number of nitrogens with one attached hydrogen (secondary N) is 1. The van der Waals surface area contributed by atoms with Gasteiger partial charge in [-0.05, 0) is 38.7 Å². The van der Waals surface area contributed by atoms with Crippen LogP contribution in [0.4, 0.5) is 0 Å². The van der Waals surface area contributed by atoms with Crippen molar-refractivity contribution in [3.8, 4) is 11.8 Å². The van der Waals surface area contributed by atoms with Crippen LogP contribution in [-0.2, 0) is 0 Å². The third-order valence-electron chi connectivity index (χ3n) is 3.64. The van der Waals surface area contributed by atoms with E-state index < -0.39 is 0 Å². The van der Waals surface area contributed by atoms with Crippen LogP contribution in [0.15, 0.2) is 12.1 Å². The summed E-state index contributed by atoms with van der Waals surface area (Å²) in [5.74, 6) is 0.675. The Kier molecular flexibility index (Phi) is 4.01. The maximum atomic E-state index is 6.16. The molecular formula is C15H19ClN2O2. The summed E-state index contributed by atoms with van der Waals surface area (Å²) in [6, 6.07) is 4.27. The molecule has 5 heteroatoms. The van der Waals surface area contributed by atoms with E-state index in [4.69, 9.17) is 21.1 Å². The molecule has 1 heterocycles. The first-order valence-electron chi connectivity index (χ1n) is 7.25. The molecule has 1 aromatic carbocycles. The largest absolute Gasteiger partial charge is 0.492 e. The number of nitrogens with zero attached hydrogens (tertiary/aromatic N) is 1. The van der Waals surface area contributed by atoms with Crippen LogP contribution in [0.5, 0.6) is 11.8 Å². The summed E-state index contributed by atoms with van der Waals surface area (Å²) < 4.78 is 11.4. The summed E-state index contributed by atoms with van der Waals surface area (Å²) in [5.41, 5.74) is 1.70. The highest BCUT2D eigenvalue weighted by atomic mass is 35.5. The van der Waals surface area contributed by atoms with Gasteiger partial charge in [0.25, 0.3) is 6.01 Å². The quantitative estimate of drug-likeness (QED) is 0.913. The van der Waals surface area contributed by atoms with Gasteiger partial charge in [0.1, 0.15) is 11.9 Å². The molecule has 1 aromatic heterocycles.